The lowest BCUT2D eigenvalue weighted by molar-refractivity contribution is -0.424. The van der Waals surface area contributed by atoms with Crippen molar-refractivity contribution in [3.05, 3.63) is 35.4 Å². The van der Waals surface area contributed by atoms with E-state index < -0.39 is 59.0 Å². The van der Waals surface area contributed by atoms with Gasteiger partial charge in [-0.15, -0.1) is 0 Å². The van der Waals surface area contributed by atoms with Crippen LogP contribution < -0.4 is 0 Å². The van der Waals surface area contributed by atoms with Gasteiger partial charge in [0.05, 0.1) is 24.7 Å². The van der Waals surface area contributed by atoms with E-state index in [1.807, 2.05) is 0 Å². The molecule has 0 aliphatic rings. The monoisotopic (exact) mass is 462 g/mol. The van der Waals surface area contributed by atoms with E-state index in [0.717, 1.165) is 31.4 Å². The number of hydrogen-bond acceptors (Lipinski definition) is 3. The van der Waals surface area contributed by atoms with Crippen LogP contribution in [-0.4, -0.2) is 48.1 Å². The summed E-state index contributed by atoms with van der Waals surface area (Å²) >= 11 is 0. The highest BCUT2D eigenvalue weighted by atomic mass is 19.4. The Morgan fingerprint density at radius 3 is 1.77 bits per heavy atom. The van der Waals surface area contributed by atoms with E-state index in [-0.39, 0.29) is 0 Å². The Labute approximate surface area is 161 Å². The average Bonchev–Trinajstić information content (AvgIpc) is 2.58. The summed E-state index contributed by atoms with van der Waals surface area (Å²) in [5, 5.41) is 10.2. The van der Waals surface area contributed by atoms with Gasteiger partial charge in [0.25, 0.3) is 0 Å². The Kier molecular flexibility index (Phi) is 6.51. The van der Waals surface area contributed by atoms with Crippen LogP contribution in [0.5, 0.6) is 0 Å². The Bertz CT molecular complexity index is 785. The van der Waals surface area contributed by atoms with Gasteiger partial charge in [-0.3, -0.25) is 0 Å². The Morgan fingerprint density at radius 1 is 0.867 bits per heavy atom. The third-order valence-electron chi connectivity index (χ3n) is 4.08. The largest absolute Gasteiger partial charge is 0.465 e. The van der Waals surface area contributed by atoms with E-state index in [1.54, 1.807) is 0 Å². The fourth-order valence-corrected chi connectivity index (χ4v) is 2.48. The molecule has 0 radical (unpaired) electrons. The van der Waals surface area contributed by atoms with E-state index in [0.29, 0.717) is 6.92 Å². The zero-order chi connectivity index (χ0) is 24.0. The summed E-state index contributed by atoms with van der Waals surface area (Å²) in [4.78, 5) is 11.6. The van der Waals surface area contributed by atoms with Crippen LogP contribution in [0.15, 0.2) is 24.3 Å². The maximum Gasteiger partial charge on any atom is 0.460 e. The molecule has 0 saturated carbocycles. The number of carbonyl (C=O) groups excluding carboxylic acids is 1. The molecule has 0 aromatic heterocycles. The number of alkyl halides is 11. The van der Waals surface area contributed by atoms with Crippen molar-refractivity contribution in [2.45, 2.75) is 48.8 Å². The molecule has 172 valence electrons. The van der Waals surface area contributed by atoms with E-state index in [4.69, 9.17) is 0 Å². The SMILES string of the molecule is COC(=O)c1ccccc1C(C)(O)CC(F)(F)C(F)(F)C(F)(F)C(F)(F)C(F)(F)F. The Hall–Kier alpha value is -2.12. The molecule has 0 heterocycles. The molecule has 0 bridgehead atoms. The first-order valence-electron chi connectivity index (χ1n) is 7.65. The van der Waals surface area contributed by atoms with E-state index >= 15 is 0 Å². The minimum atomic E-state index is -7.58. The van der Waals surface area contributed by atoms with Crippen LogP contribution in [-0.2, 0) is 10.3 Å². The summed E-state index contributed by atoms with van der Waals surface area (Å²) in [6, 6.07) is 3.75. The maximum atomic E-state index is 14.0. The highest BCUT2D eigenvalue weighted by Crippen LogP contribution is 2.59. The summed E-state index contributed by atoms with van der Waals surface area (Å²) in [5.74, 6) is -29.9. The third-order valence-corrected chi connectivity index (χ3v) is 4.08. The highest BCUT2D eigenvalue weighted by molar-refractivity contribution is 5.91. The fourth-order valence-electron chi connectivity index (χ4n) is 2.48. The molecule has 1 aromatic rings. The fraction of sp³-hybridized carbons (Fsp3) is 0.562. The predicted molar refractivity (Wildman–Crippen MR) is 77.8 cm³/mol. The molecule has 0 fully saturated rings. The number of ether oxygens (including phenoxy) is 1. The lowest BCUT2D eigenvalue weighted by Crippen LogP contribution is -2.67. The van der Waals surface area contributed by atoms with Gasteiger partial charge in [0.15, 0.2) is 0 Å². The number of hydrogen-bond donors (Lipinski definition) is 1. The highest BCUT2D eigenvalue weighted by Gasteiger charge is 2.87. The molecular weight excluding hydrogens is 449 g/mol. The van der Waals surface area contributed by atoms with Gasteiger partial charge in [-0.1, -0.05) is 18.2 Å². The lowest BCUT2D eigenvalue weighted by Gasteiger charge is -2.39. The standard InChI is InChI=1S/C16H13F11O3/c1-11(29,9-6-4-3-5-8(9)10(28)30-2)7-12(17,18)13(19,20)14(21,22)15(23,24)16(25,26)27/h3-6,29H,7H2,1-2H3. The van der Waals surface area contributed by atoms with Crippen molar-refractivity contribution < 1.29 is 62.9 Å². The topological polar surface area (TPSA) is 46.5 Å². The molecule has 0 spiro atoms. The second-order valence-electron chi connectivity index (χ2n) is 6.41. The van der Waals surface area contributed by atoms with Crippen molar-refractivity contribution >= 4 is 5.97 Å². The van der Waals surface area contributed by atoms with Gasteiger partial charge in [-0.05, 0) is 18.6 Å². The first kappa shape index (κ1) is 25.9. The third kappa shape index (κ3) is 4.05. The Balaban J connectivity index is 3.47. The van der Waals surface area contributed by atoms with Gasteiger partial charge in [0.2, 0.25) is 0 Å². The van der Waals surface area contributed by atoms with E-state index in [2.05, 4.69) is 4.74 Å². The molecule has 0 aliphatic carbocycles. The van der Waals surface area contributed by atoms with Gasteiger partial charge >= 0.3 is 35.8 Å². The zero-order valence-corrected chi connectivity index (χ0v) is 14.9. The molecule has 1 atom stereocenters. The van der Waals surface area contributed by atoms with Crippen LogP contribution >= 0.6 is 0 Å². The number of carbonyl (C=O) groups is 1. The summed E-state index contributed by atoms with van der Waals surface area (Å²) in [6.45, 7) is 0.346. The summed E-state index contributed by atoms with van der Waals surface area (Å²) in [6.07, 6.45) is -10.0. The number of esters is 1. The lowest BCUT2D eigenvalue weighted by atomic mass is 9.83. The molecule has 30 heavy (non-hydrogen) atoms. The molecule has 0 amide bonds. The molecular formula is C16H13F11O3. The number of methoxy groups -OCH3 is 1. The van der Waals surface area contributed by atoms with Gasteiger partial charge in [0.1, 0.15) is 0 Å². The molecule has 1 rings (SSSR count). The van der Waals surface area contributed by atoms with Crippen LogP contribution in [0.2, 0.25) is 0 Å². The molecule has 3 nitrogen and oxygen atoms in total. The van der Waals surface area contributed by atoms with Crippen LogP contribution in [0.1, 0.15) is 29.3 Å². The van der Waals surface area contributed by atoms with Crippen molar-refractivity contribution in [1.29, 1.82) is 0 Å². The molecule has 0 saturated heterocycles. The van der Waals surface area contributed by atoms with E-state index in [9.17, 15) is 58.2 Å². The average molecular weight is 462 g/mol. The van der Waals surface area contributed by atoms with Crippen molar-refractivity contribution in [1.82, 2.24) is 0 Å². The molecule has 14 heteroatoms. The quantitative estimate of drug-likeness (QED) is 0.449. The number of benzene rings is 1. The zero-order valence-electron chi connectivity index (χ0n) is 14.9. The minimum Gasteiger partial charge on any atom is -0.465 e. The van der Waals surface area contributed by atoms with Crippen LogP contribution in [0.25, 0.3) is 0 Å². The minimum absolute atomic E-state index is 0.346. The van der Waals surface area contributed by atoms with Crippen molar-refractivity contribution in [2.24, 2.45) is 0 Å². The maximum absolute atomic E-state index is 14.0. The van der Waals surface area contributed by atoms with Crippen molar-refractivity contribution in [3.63, 3.8) is 0 Å². The molecule has 1 unspecified atom stereocenters. The summed E-state index contributed by atoms with van der Waals surface area (Å²) < 4.78 is 149. The molecule has 0 aliphatic heterocycles. The number of halogens is 11. The summed E-state index contributed by atoms with van der Waals surface area (Å²) in [5.41, 5.74) is -4.78. The first-order valence-corrected chi connectivity index (χ1v) is 7.65. The second-order valence-corrected chi connectivity index (χ2v) is 6.41. The van der Waals surface area contributed by atoms with Gasteiger partial charge in [-0.2, -0.15) is 48.3 Å². The second kappa shape index (κ2) is 7.54. The van der Waals surface area contributed by atoms with Gasteiger partial charge < -0.3 is 9.84 Å². The van der Waals surface area contributed by atoms with Crippen molar-refractivity contribution in [3.8, 4) is 0 Å². The molecule has 1 N–H and O–H groups in total. The van der Waals surface area contributed by atoms with Crippen LogP contribution in [0, 0.1) is 0 Å². The smallest absolute Gasteiger partial charge is 0.460 e. The summed E-state index contributed by atoms with van der Waals surface area (Å²) in [7, 11) is 0.816. The van der Waals surface area contributed by atoms with Crippen LogP contribution in [0.3, 0.4) is 0 Å². The van der Waals surface area contributed by atoms with Gasteiger partial charge in [-0.25, -0.2) is 4.79 Å². The predicted octanol–water partition coefficient (Wildman–Crippen LogP) is 5.17. The van der Waals surface area contributed by atoms with Crippen molar-refractivity contribution in [2.75, 3.05) is 7.11 Å². The number of aliphatic hydroxyl groups is 1. The Morgan fingerprint density at radius 2 is 1.33 bits per heavy atom. The normalized spacial score (nSPS) is 16.2. The van der Waals surface area contributed by atoms with E-state index in [1.165, 1.54) is 0 Å². The van der Waals surface area contributed by atoms with Gasteiger partial charge in [0, 0.05) is 0 Å². The molecule has 1 aromatic carbocycles. The van der Waals surface area contributed by atoms with Crippen LogP contribution in [0.4, 0.5) is 48.3 Å². The number of rotatable bonds is 7. The first-order chi connectivity index (χ1) is 13.2.